The standard InChI is InChI=1S/C10H21.3CH3O.H2N.Ti/c1-3-5-7-9-10-8-6-4-2;3*1-2;;/h1,3-10H2,2H3;3*1H3;1H2;/q;4*-1;+4. The Balaban J connectivity index is 3.69. The van der Waals surface area contributed by atoms with E-state index >= 15 is 0 Å². The van der Waals surface area contributed by atoms with E-state index in [9.17, 15) is 0 Å². The Morgan fingerprint density at radius 3 is 1.50 bits per heavy atom. The minimum absolute atomic E-state index is 0.732. The first kappa shape index (κ1) is 18.6. The van der Waals surface area contributed by atoms with Crippen molar-refractivity contribution >= 4 is 0 Å². The molecular formula is C13H32NO3Ti. The van der Waals surface area contributed by atoms with E-state index in [1.54, 1.807) is 21.3 Å². The Hall–Kier alpha value is 0.554. The van der Waals surface area contributed by atoms with Crippen molar-refractivity contribution in [2.45, 2.75) is 63.0 Å². The fraction of sp³-hybridized carbons (Fsp3) is 1.00. The van der Waals surface area contributed by atoms with Gasteiger partial charge in [0.1, 0.15) is 0 Å². The second-order valence-electron chi connectivity index (χ2n) is 5.08. The molecule has 4 nitrogen and oxygen atoms in total. The van der Waals surface area contributed by atoms with Crippen LogP contribution in [-0.4, -0.2) is 21.3 Å². The molecular weight excluding hydrogens is 266 g/mol. The van der Waals surface area contributed by atoms with Crippen molar-refractivity contribution in [1.29, 1.82) is 0 Å². The first-order chi connectivity index (χ1) is 8.54. The summed E-state index contributed by atoms with van der Waals surface area (Å²) in [6.45, 7) is 2.24. The molecule has 111 valence electrons. The normalized spacial score (nSPS) is 14.4. The van der Waals surface area contributed by atoms with Gasteiger partial charge < -0.3 is 0 Å². The van der Waals surface area contributed by atoms with Gasteiger partial charge in [0.25, 0.3) is 0 Å². The van der Waals surface area contributed by atoms with Gasteiger partial charge >= 0.3 is 115 Å². The minimum atomic E-state index is -3.98. The van der Waals surface area contributed by atoms with Crippen LogP contribution >= 0.6 is 0 Å². The second kappa shape index (κ2) is 9.46. The van der Waals surface area contributed by atoms with Crippen LogP contribution in [0.2, 0.25) is 4.73 Å². The van der Waals surface area contributed by atoms with Crippen molar-refractivity contribution < 1.29 is 26.7 Å². The molecule has 0 aliphatic rings. The first-order valence-electron chi connectivity index (χ1n) is 7.19. The fourth-order valence-electron chi connectivity index (χ4n) is 2.13. The molecule has 2 N–H and O–H groups in total. The Bertz CT molecular complexity index is 199. The third-order valence-corrected chi connectivity index (χ3v) is 9.74. The Kier molecular flexibility index (Phi) is 9.75. The van der Waals surface area contributed by atoms with Crippen LogP contribution in [0, 0.1) is 0 Å². The third-order valence-electron chi connectivity index (χ3n) is 3.77. The van der Waals surface area contributed by atoms with Gasteiger partial charge in [-0.05, 0) is 0 Å². The van der Waals surface area contributed by atoms with Crippen LogP contribution in [0.3, 0.4) is 0 Å². The van der Waals surface area contributed by atoms with Crippen molar-refractivity contribution in [2.75, 3.05) is 21.3 Å². The van der Waals surface area contributed by atoms with Crippen LogP contribution in [0.5, 0.6) is 0 Å². The van der Waals surface area contributed by atoms with Crippen molar-refractivity contribution in [3.8, 4) is 0 Å². The van der Waals surface area contributed by atoms with Crippen molar-refractivity contribution in [1.82, 2.24) is 0 Å². The van der Waals surface area contributed by atoms with Gasteiger partial charge in [0, 0.05) is 0 Å². The average molecular weight is 298 g/mol. The van der Waals surface area contributed by atoms with Gasteiger partial charge in [-0.15, -0.1) is 0 Å². The van der Waals surface area contributed by atoms with E-state index < -0.39 is 16.7 Å². The molecule has 0 unspecified atom stereocenters. The van der Waals surface area contributed by atoms with E-state index in [1.807, 2.05) is 0 Å². The molecule has 0 fully saturated rings. The molecule has 0 atom stereocenters. The molecule has 0 aliphatic heterocycles. The van der Waals surface area contributed by atoms with Crippen LogP contribution < -0.4 is 4.22 Å². The SMILES string of the molecule is CCCCCCCCC[CH2][Ti]([NH2])([O]C)([O]C)[O]C. The van der Waals surface area contributed by atoms with Gasteiger partial charge in [-0.2, -0.15) is 0 Å². The molecule has 0 rings (SSSR count). The maximum atomic E-state index is 6.23. The molecule has 0 aliphatic carbocycles. The van der Waals surface area contributed by atoms with E-state index in [4.69, 9.17) is 14.2 Å². The zero-order chi connectivity index (χ0) is 13.9. The van der Waals surface area contributed by atoms with Gasteiger partial charge in [-0.25, -0.2) is 0 Å². The maximum absolute atomic E-state index is 6.23. The van der Waals surface area contributed by atoms with E-state index in [-0.39, 0.29) is 0 Å². The summed E-state index contributed by atoms with van der Waals surface area (Å²) in [5, 5.41) is 0. The molecule has 0 bridgehead atoms. The summed E-state index contributed by atoms with van der Waals surface area (Å²) in [5.74, 6) is 0. The average Bonchev–Trinajstić information content (AvgIpc) is 2.42. The van der Waals surface area contributed by atoms with Crippen molar-refractivity contribution in [2.24, 2.45) is 4.22 Å². The summed E-state index contributed by atoms with van der Waals surface area (Å²) in [7, 11) is 4.78. The zero-order valence-corrected chi connectivity index (χ0v) is 14.2. The number of hydrogen-bond acceptors (Lipinski definition) is 4. The van der Waals surface area contributed by atoms with Crippen molar-refractivity contribution in [3.05, 3.63) is 0 Å². The van der Waals surface area contributed by atoms with E-state index in [2.05, 4.69) is 6.92 Å². The van der Waals surface area contributed by atoms with Crippen LogP contribution in [0.4, 0.5) is 0 Å². The van der Waals surface area contributed by atoms with E-state index in [1.165, 1.54) is 44.9 Å². The summed E-state index contributed by atoms with van der Waals surface area (Å²) in [4.78, 5) is 0. The van der Waals surface area contributed by atoms with Crippen LogP contribution in [0.25, 0.3) is 0 Å². The molecule has 0 heterocycles. The molecule has 0 saturated heterocycles. The van der Waals surface area contributed by atoms with Gasteiger partial charge in [0.05, 0.1) is 0 Å². The molecule has 18 heavy (non-hydrogen) atoms. The molecule has 0 aromatic rings. The number of nitrogens with two attached hydrogens (primary N) is 1. The van der Waals surface area contributed by atoms with Gasteiger partial charge in [-0.3, -0.25) is 0 Å². The Morgan fingerprint density at radius 1 is 0.722 bits per heavy atom. The summed E-state index contributed by atoms with van der Waals surface area (Å²) in [6, 6.07) is 0. The van der Waals surface area contributed by atoms with Crippen LogP contribution in [0.15, 0.2) is 0 Å². The molecule has 0 amide bonds. The van der Waals surface area contributed by atoms with Crippen LogP contribution in [0.1, 0.15) is 58.3 Å². The summed E-state index contributed by atoms with van der Waals surface area (Å²) >= 11 is -3.98. The van der Waals surface area contributed by atoms with E-state index in [0.717, 1.165) is 11.1 Å². The first-order valence-corrected chi connectivity index (χ1v) is 11.1. The zero-order valence-electron chi connectivity index (χ0n) is 12.7. The number of rotatable bonds is 12. The van der Waals surface area contributed by atoms with Gasteiger partial charge in [0.15, 0.2) is 0 Å². The summed E-state index contributed by atoms with van der Waals surface area (Å²) in [6.07, 6.45) is 10.2. The molecule has 5 heteroatoms. The topological polar surface area (TPSA) is 53.7 Å². The summed E-state index contributed by atoms with van der Waals surface area (Å²) in [5.41, 5.74) is 0. The van der Waals surface area contributed by atoms with Gasteiger partial charge in [0.2, 0.25) is 0 Å². The Labute approximate surface area is 115 Å². The molecule has 0 saturated carbocycles. The fourth-order valence-corrected chi connectivity index (χ4v) is 5.26. The third kappa shape index (κ3) is 6.64. The second-order valence-corrected chi connectivity index (χ2v) is 11.6. The monoisotopic (exact) mass is 298 g/mol. The molecule has 0 aromatic carbocycles. The predicted molar refractivity (Wildman–Crippen MR) is 72.6 cm³/mol. The van der Waals surface area contributed by atoms with Crippen LogP contribution in [-0.2, 0) is 26.7 Å². The van der Waals surface area contributed by atoms with Gasteiger partial charge in [-0.1, -0.05) is 0 Å². The van der Waals surface area contributed by atoms with Crippen molar-refractivity contribution in [3.63, 3.8) is 0 Å². The van der Waals surface area contributed by atoms with E-state index in [0.29, 0.717) is 0 Å². The quantitative estimate of drug-likeness (QED) is 0.440. The molecule has 0 radical (unpaired) electrons. The number of hydrogen-bond donors (Lipinski definition) is 1. The predicted octanol–water partition coefficient (Wildman–Crippen LogP) is 3.79. The number of unbranched alkanes of at least 4 members (excludes halogenated alkanes) is 7. The Morgan fingerprint density at radius 2 is 1.11 bits per heavy atom. The molecule has 0 aromatic heterocycles. The molecule has 0 spiro atoms. The summed E-state index contributed by atoms with van der Waals surface area (Å²) < 4.78 is 23.2.